The Hall–Kier alpha value is -1.30. The van der Waals surface area contributed by atoms with Crippen molar-refractivity contribution in [3.05, 3.63) is 0 Å². The highest BCUT2D eigenvalue weighted by molar-refractivity contribution is 5.86. The molecule has 3 saturated heterocycles. The lowest BCUT2D eigenvalue weighted by atomic mass is 9.80. The van der Waals surface area contributed by atoms with Crippen molar-refractivity contribution in [1.29, 1.82) is 0 Å². The van der Waals surface area contributed by atoms with Crippen LogP contribution in [0.2, 0.25) is 0 Å². The quantitative estimate of drug-likeness (QED) is 0.284. The molecule has 4 rings (SSSR count). The van der Waals surface area contributed by atoms with Gasteiger partial charge in [-0.2, -0.15) is 0 Å². The predicted molar refractivity (Wildman–Crippen MR) is 81.2 cm³/mol. The minimum absolute atomic E-state index is 0.326. The molecule has 10 heteroatoms. The lowest BCUT2D eigenvalue weighted by molar-refractivity contribution is -0.245. The lowest BCUT2D eigenvalue weighted by Crippen LogP contribution is -2.67. The molecule has 0 bridgehead atoms. The number of cyclic esters (lactones) is 2. The molecule has 10 nitrogen and oxygen atoms in total. The first-order chi connectivity index (χ1) is 11.7. The van der Waals surface area contributed by atoms with Gasteiger partial charge in [-0.1, -0.05) is 27.7 Å². The molecular formula is C16H24O10. The van der Waals surface area contributed by atoms with Crippen LogP contribution < -0.4 is 0 Å². The van der Waals surface area contributed by atoms with E-state index in [1.807, 2.05) is 0 Å². The van der Waals surface area contributed by atoms with Crippen molar-refractivity contribution in [2.45, 2.75) is 63.0 Å². The van der Waals surface area contributed by atoms with Gasteiger partial charge >= 0.3 is 11.9 Å². The number of esters is 2. The van der Waals surface area contributed by atoms with Gasteiger partial charge < -0.3 is 39.7 Å². The fourth-order valence-electron chi connectivity index (χ4n) is 3.95. The van der Waals surface area contributed by atoms with E-state index in [9.17, 15) is 30.0 Å². The third kappa shape index (κ3) is 1.92. The Balaban J connectivity index is 0.000000185. The van der Waals surface area contributed by atoms with E-state index < -0.39 is 58.1 Å². The average molecular weight is 376 g/mol. The molecule has 4 aliphatic rings. The third-order valence-electron chi connectivity index (χ3n) is 6.04. The van der Waals surface area contributed by atoms with E-state index in [2.05, 4.69) is 9.47 Å². The fourth-order valence-corrected chi connectivity index (χ4v) is 3.95. The first kappa shape index (κ1) is 19.5. The van der Waals surface area contributed by atoms with Gasteiger partial charge in [-0.25, -0.2) is 9.59 Å². The number of fused-ring (bicyclic) bond motifs is 3. The molecule has 6 atom stereocenters. The molecule has 0 aromatic heterocycles. The van der Waals surface area contributed by atoms with Gasteiger partial charge in [-0.3, -0.25) is 0 Å². The van der Waals surface area contributed by atoms with E-state index in [1.165, 1.54) is 13.8 Å². The van der Waals surface area contributed by atoms with Crippen molar-refractivity contribution < 1.29 is 49.3 Å². The zero-order valence-corrected chi connectivity index (χ0v) is 14.9. The van der Waals surface area contributed by atoms with Gasteiger partial charge in [0.05, 0.1) is 12.0 Å². The molecule has 148 valence electrons. The van der Waals surface area contributed by atoms with Gasteiger partial charge in [0.1, 0.15) is 18.8 Å². The van der Waals surface area contributed by atoms with Gasteiger partial charge in [0.2, 0.25) is 11.4 Å². The summed E-state index contributed by atoms with van der Waals surface area (Å²) in [6.45, 7) is 6.49. The summed E-state index contributed by atoms with van der Waals surface area (Å²) in [5.41, 5.74) is -6.22. The number of hydrogen-bond donors (Lipinski definition) is 5. The van der Waals surface area contributed by atoms with Crippen LogP contribution in [-0.4, -0.2) is 86.0 Å². The highest BCUT2D eigenvalue weighted by atomic mass is 16.7. The van der Waals surface area contributed by atoms with Crippen LogP contribution in [0.15, 0.2) is 0 Å². The molecule has 5 N–H and O–H groups in total. The SMILES string of the molecule is CC1(C)C2(O)O[C@@H]3[C@H](O)COC(=O)[C@@]3(O)[C@]12O.CC1(C)COC(=O)C1O. The molecule has 3 heterocycles. The van der Waals surface area contributed by atoms with Crippen molar-refractivity contribution in [2.24, 2.45) is 10.8 Å². The minimum atomic E-state index is -2.44. The summed E-state index contributed by atoms with van der Waals surface area (Å²) in [5.74, 6) is -3.64. The van der Waals surface area contributed by atoms with E-state index in [-0.39, 0.29) is 6.61 Å². The number of aliphatic hydroxyl groups excluding tert-OH is 2. The summed E-state index contributed by atoms with van der Waals surface area (Å²) in [4.78, 5) is 22.2. The topological polar surface area (TPSA) is 163 Å². The van der Waals surface area contributed by atoms with Gasteiger partial charge in [-0.05, 0) is 0 Å². The average Bonchev–Trinajstić information content (AvgIpc) is 2.75. The van der Waals surface area contributed by atoms with Crippen LogP contribution in [-0.2, 0) is 23.8 Å². The standard InChI is InChI=1S/C10H14O7.C6H10O3/c1-7(2)9(14)8(13)5(17-10(7,9)15)4(11)3-16-6(8)12;1-6(2)3-9-5(8)4(6)7/h4-5,11,13-15H,3H2,1-2H3;4,7H,3H2,1-2H3/t4-,5-,8-,9-,10?;/m1./s1. The maximum absolute atomic E-state index is 11.7. The largest absolute Gasteiger partial charge is 0.463 e. The molecule has 3 aliphatic heterocycles. The number of carbonyl (C=O) groups excluding carboxylic acids is 2. The number of rotatable bonds is 0. The summed E-state index contributed by atoms with van der Waals surface area (Å²) in [7, 11) is 0. The highest BCUT2D eigenvalue weighted by Crippen LogP contribution is 2.75. The number of carbonyl (C=O) groups is 2. The third-order valence-corrected chi connectivity index (χ3v) is 6.04. The molecule has 4 fully saturated rings. The highest BCUT2D eigenvalue weighted by Gasteiger charge is 2.99. The molecule has 26 heavy (non-hydrogen) atoms. The second kappa shape index (κ2) is 5.15. The van der Waals surface area contributed by atoms with E-state index in [1.54, 1.807) is 13.8 Å². The fraction of sp³-hybridized carbons (Fsp3) is 0.875. The molecule has 0 spiro atoms. The smallest absolute Gasteiger partial charge is 0.344 e. The Morgan fingerprint density at radius 1 is 1.00 bits per heavy atom. The van der Waals surface area contributed by atoms with Crippen LogP contribution in [0.5, 0.6) is 0 Å². The van der Waals surface area contributed by atoms with Gasteiger partial charge in [0, 0.05) is 5.41 Å². The van der Waals surface area contributed by atoms with Crippen molar-refractivity contribution in [2.75, 3.05) is 13.2 Å². The summed E-state index contributed by atoms with van der Waals surface area (Å²) < 4.78 is 14.3. The Labute approximate surface area is 149 Å². The van der Waals surface area contributed by atoms with Crippen molar-refractivity contribution in [1.82, 2.24) is 0 Å². The van der Waals surface area contributed by atoms with Crippen LogP contribution in [0.4, 0.5) is 0 Å². The van der Waals surface area contributed by atoms with E-state index in [4.69, 9.17) is 9.84 Å². The molecule has 1 saturated carbocycles. The second-order valence-electron chi connectivity index (χ2n) is 8.45. The van der Waals surface area contributed by atoms with Crippen molar-refractivity contribution in [3.8, 4) is 0 Å². The zero-order chi connectivity index (χ0) is 19.9. The van der Waals surface area contributed by atoms with Crippen molar-refractivity contribution in [3.63, 3.8) is 0 Å². The Bertz CT molecular complexity index is 659. The molecule has 0 aromatic rings. The van der Waals surface area contributed by atoms with Gasteiger partial charge in [0.25, 0.3) is 0 Å². The van der Waals surface area contributed by atoms with Crippen LogP contribution in [0.3, 0.4) is 0 Å². The van der Waals surface area contributed by atoms with Gasteiger partial charge in [-0.15, -0.1) is 0 Å². The van der Waals surface area contributed by atoms with E-state index >= 15 is 0 Å². The van der Waals surface area contributed by atoms with Gasteiger partial charge in [0.15, 0.2) is 11.7 Å². The monoisotopic (exact) mass is 376 g/mol. The summed E-state index contributed by atoms with van der Waals surface area (Å²) in [6, 6.07) is 0. The summed E-state index contributed by atoms with van der Waals surface area (Å²) >= 11 is 0. The Morgan fingerprint density at radius 3 is 2.00 bits per heavy atom. The van der Waals surface area contributed by atoms with Crippen LogP contribution in [0.1, 0.15) is 27.7 Å². The van der Waals surface area contributed by atoms with Crippen LogP contribution >= 0.6 is 0 Å². The summed E-state index contributed by atoms with van der Waals surface area (Å²) in [5, 5.41) is 49.5. The van der Waals surface area contributed by atoms with Crippen molar-refractivity contribution >= 4 is 11.9 Å². The Kier molecular flexibility index (Phi) is 3.85. The van der Waals surface area contributed by atoms with E-state index in [0.29, 0.717) is 6.61 Å². The molecule has 1 aliphatic carbocycles. The number of hydrogen-bond acceptors (Lipinski definition) is 10. The molecule has 0 aromatic carbocycles. The molecule has 0 amide bonds. The minimum Gasteiger partial charge on any atom is -0.463 e. The molecular weight excluding hydrogens is 352 g/mol. The zero-order valence-electron chi connectivity index (χ0n) is 14.9. The number of ether oxygens (including phenoxy) is 3. The Morgan fingerprint density at radius 2 is 1.58 bits per heavy atom. The maximum Gasteiger partial charge on any atom is 0.344 e. The summed E-state index contributed by atoms with van der Waals surface area (Å²) in [6.07, 6.45) is -3.60. The van der Waals surface area contributed by atoms with E-state index in [0.717, 1.165) is 0 Å². The second-order valence-corrected chi connectivity index (χ2v) is 8.45. The normalized spacial score (nSPS) is 50.0. The first-order valence-corrected chi connectivity index (χ1v) is 8.23. The van der Waals surface area contributed by atoms with Crippen LogP contribution in [0, 0.1) is 10.8 Å². The predicted octanol–water partition coefficient (Wildman–Crippen LogP) is -2.58. The number of aliphatic hydroxyl groups is 5. The maximum atomic E-state index is 11.7. The lowest BCUT2D eigenvalue weighted by Gasteiger charge is -2.40. The van der Waals surface area contributed by atoms with Crippen LogP contribution in [0.25, 0.3) is 0 Å². The first-order valence-electron chi connectivity index (χ1n) is 8.23. The molecule has 0 radical (unpaired) electrons. The molecule has 2 unspecified atom stereocenters.